The maximum Gasteiger partial charge on any atom is 0.241 e. The topological polar surface area (TPSA) is 27.7 Å². The van der Waals surface area contributed by atoms with Gasteiger partial charge in [-0.25, -0.2) is 0 Å². The summed E-state index contributed by atoms with van der Waals surface area (Å²) in [5.74, 6) is 1.63. The zero-order valence-electron chi connectivity index (χ0n) is 13.1. The largest absolute Gasteiger partial charge is 0.455 e. The summed E-state index contributed by atoms with van der Waals surface area (Å²) in [5, 5.41) is 0. The summed E-state index contributed by atoms with van der Waals surface area (Å²) >= 11 is 0. The van der Waals surface area contributed by atoms with Crippen molar-refractivity contribution in [3.8, 4) is 11.5 Å². The number of benzene rings is 2. The summed E-state index contributed by atoms with van der Waals surface area (Å²) in [6, 6.07) is 16.0. The molecule has 2 aromatic carbocycles. The minimum atomic E-state index is -0.328. The Morgan fingerprint density at radius 3 is 1.68 bits per heavy atom. The molecule has 118 valence electrons. The zero-order valence-corrected chi connectivity index (χ0v) is 14.3. The van der Waals surface area contributed by atoms with Crippen molar-refractivity contribution >= 4 is 9.47 Å². The molecule has 0 fully saturated rings. The SMILES string of the molecule is Cc1ccc(OC(CCCOP)Oc2ccc(C)cc2)cc1. The first-order valence-corrected chi connectivity index (χ1v) is 7.93. The van der Waals surface area contributed by atoms with Gasteiger partial charge in [-0.15, -0.1) is 0 Å². The monoisotopic (exact) mass is 318 g/mol. The van der Waals surface area contributed by atoms with Gasteiger partial charge in [0.05, 0.1) is 6.61 Å². The lowest BCUT2D eigenvalue weighted by atomic mass is 10.2. The molecule has 22 heavy (non-hydrogen) atoms. The van der Waals surface area contributed by atoms with Crippen LogP contribution in [0.1, 0.15) is 24.0 Å². The molecule has 0 saturated carbocycles. The molecular weight excluding hydrogens is 295 g/mol. The Labute approximate surface area is 134 Å². The van der Waals surface area contributed by atoms with E-state index in [0.717, 1.165) is 24.3 Å². The van der Waals surface area contributed by atoms with Gasteiger partial charge in [0.1, 0.15) is 11.5 Å². The molecule has 0 N–H and O–H groups in total. The standard InChI is InChI=1S/C18H23O3P/c1-14-5-9-16(10-6-14)20-18(4-3-13-19-22)21-17-11-7-15(2)8-12-17/h5-12,18H,3-4,13,22H2,1-2H3. The Balaban J connectivity index is 2.01. The highest BCUT2D eigenvalue weighted by Crippen LogP contribution is 2.20. The smallest absolute Gasteiger partial charge is 0.241 e. The third kappa shape index (κ3) is 5.67. The van der Waals surface area contributed by atoms with Crippen LogP contribution >= 0.6 is 9.47 Å². The second-order valence-corrected chi connectivity index (χ2v) is 5.64. The molecule has 1 atom stereocenters. The van der Waals surface area contributed by atoms with E-state index in [4.69, 9.17) is 14.0 Å². The third-order valence-electron chi connectivity index (χ3n) is 3.28. The van der Waals surface area contributed by atoms with Crippen molar-refractivity contribution in [2.24, 2.45) is 0 Å². The Morgan fingerprint density at radius 2 is 1.27 bits per heavy atom. The van der Waals surface area contributed by atoms with E-state index < -0.39 is 0 Å². The number of ether oxygens (including phenoxy) is 2. The molecule has 2 aromatic rings. The van der Waals surface area contributed by atoms with Gasteiger partial charge in [-0.2, -0.15) is 0 Å². The van der Waals surface area contributed by atoms with Crippen LogP contribution in [0.3, 0.4) is 0 Å². The summed E-state index contributed by atoms with van der Waals surface area (Å²) < 4.78 is 17.0. The van der Waals surface area contributed by atoms with E-state index in [2.05, 4.69) is 23.3 Å². The van der Waals surface area contributed by atoms with Gasteiger partial charge in [0, 0.05) is 15.9 Å². The van der Waals surface area contributed by atoms with E-state index in [1.54, 1.807) is 0 Å². The molecule has 0 radical (unpaired) electrons. The average Bonchev–Trinajstić information content (AvgIpc) is 2.52. The predicted molar refractivity (Wildman–Crippen MR) is 92.3 cm³/mol. The number of hydrogen-bond donors (Lipinski definition) is 0. The van der Waals surface area contributed by atoms with Gasteiger partial charge in [0.2, 0.25) is 6.29 Å². The highest BCUT2D eigenvalue weighted by molar-refractivity contribution is 7.09. The van der Waals surface area contributed by atoms with E-state index in [1.807, 2.05) is 48.5 Å². The van der Waals surface area contributed by atoms with Crippen LogP contribution in [-0.4, -0.2) is 12.9 Å². The minimum absolute atomic E-state index is 0.328. The van der Waals surface area contributed by atoms with Crippen molar-refractivity contribution in [3.63, 3.8) is 0 Å². The highest BCUT2D eigenvalue weighted by Gasteiger charge is 2.12. The summed E-state index contributed by atoms with van der Waals surface area (Å²) in [5.41, 5.74) is 2.42. The quantitative estimate of drug-likeness (QED) is 0.402. The lowest BCUT2D eigenvalue weighted by Gasteiger charge is -2.20. The zero-order chi connectivity index (χ0) is 15.8. The van der Waals surface area contributed by atoms with Gasteiger partial charge >= 0.3 is 0 Å². The predicted octanol–water partition coefficient (Wildman–Crippen LogP) is 4.67. The van der Waals surface area contributed by atoms with Gasteiger partial charge in [0.15, 0.2) is 0 Å². The molecule has 1 unspecified atom stereocenters. The van der Waals surface area contributed by atoms with Crippen LogP contribution in [0.5, 0.6) is 11.5 Å². The average molecular weight is 318 g/mol. The maximum atomic E-state index is 5.97. The summed E-state index contributed by atoms with van der Waals surface area (Å²) in [4.78, 5) is 0. The third-order valence-corrected chi connectivity index (χ3v) is 3.51. The molecule has 0 aliphatic rings. The fraction of sp³-hybridized carbons (Fsp3) is 0.333. The molecule has 0 bridgehead atoms. The van der Waals surface area contributed by atoms with Crippen LogP contribution < -0.4 is 9.47 Å². The Morgan fingerprint density at radius 1 is 0.818 bits per heavy atom. The molecule has 0 aliphatic heterocycles. The molecule has 0 saturated heterocycles. The van der Waals surface area contributed by atoms with Crippen LogP contribution in [0.15, 0.2) is 48.5 Å². The first-order chi connectivity index (χ1) is 10.7. The van der Waals surface area contributed by atoms with Crippen molar-refractivity contribution in [3.05, 3.63) is 59.7 Å². The fourth-order valence-electron chi connectivity index (χ4n) is 2.01. The Bertz CT molecular complexity index is 504. The van der Waals surface area contributed by atoms with E-state index in [9.17, 15) is 0 Å². The first-order valence-electron chi connectivity index (χ1n) is 7.46. The molecule has 0 aromatic heterocycles. The van der Waals surface area contributed by atoms with E-state index in [-0.39, 0.29) is 6.29 Å². The van der Waals surface area contributed by atoms with Crippen LogP contribution in [0.2, 0.25) is 0 Å². The van der Waals surface area contributed by atoms with E-state index >= 15 is 0 Å². The van der Waals surface area contributed by atoms with Gasteiger partial charge in [-0.05, 0) is 44.5 Å². The van der Waals surface area contributed by atoms with Crippen molar-refractivity contribution < 1.29 is 14.0 Å². The molecule has 2 rings (SSSR count). The van der Waals surface area contributed by atoms with Gasteiger partial charge in [-0.1, -0.05) is 35.4 Å². The maximum absolute atomic E-state index is 5.97. The number of rotatable bonds is 8. The highest BCUT2D eigenvalue weighted by atomic mass is 31.0. The van der Waals surface area contributed by atoms with Crippen molar-refractivity contribution in [2.45, 2.75) is 33.0 Å². The van der Waals surface area contributed by atoms with Crippen molar-refractivity contribution in [2.75, 3.05) is 6.61 Å². The number of hydrogen-bond acceptors (Lipinski definition) is 3. The normalized spacial score (nSPS) is 10.7. The van der Waals surface area contributed by atoms with E-state index in [0.29, 0.717) is 6.61 Å². The molecule has 0 aliphatic carbocycles. The molecule has 0 heterocycles. The summed E-state index contributed by atoms with van der Waals surface area (Å²) in [7, 11) is 2.27. The summed E-state index contributed by atoms with van der Waals surface area (Å²) in [6.45, 7) is 4.77. The summed E-state index contributed by atoms with van der Waals surface area (Å²) in [6.07, 6.45) is 1.30. The van der Waals surface area contributed by atoms with Crippen LogP contribution in [0.25, 0.3) is 0 Å². The fourth-order valence-corrected chi connectivity index (χ4v) is 2.18. The van der Waals surface area contributed by atoms with Gasteiger partial charge in [0.25, 0.3) is 0 Å². The molecule has 3 nitrogen and oxygen atoms in total. The van der Waals surface area contributed by atoms with Crippen LogP contribution in [-0.2, 0) is 4.52 Å². The molecule has 0 spiro atoms. The lowest BCUT2D eigenvalue weighted by Crippen LogP contribution is -2.24. The van der Waals surface area contributed by atoms with Crippen LogP contribution in [0.4, 0.5) is 0 Å². The van der Waals surface area contributed by atoms with Gasteiger partial charge < -0.3 is 14.0 Å². The van der Waals surface area contributed by atoms with Crippen molar-refractivity contribution in [1.82, 2.24) is 0 Å². The lowest BCUT2D eigenvalue weighted by molar-refractivity contribution is -0.00396. The Kier molecular flexibility index (Phi) is 6.70. The van der Waals surface area contributed by atoms with Crippen LogP contribution in [0, 0.1) is 13.8 Å². The first kappa shape index (κ1) is 16.8. The molecule has 0 amide bonds. The second kappa shape index (κ2) is 8.77. The number of aryl methyl sites for hydroxylation is 2. The molecular formula is C18H23O3P. The molecule has 4 heteroatoms. The van der Waals surface area contributed by atoms with Crippen molar-refractivity contribution in [1.29, 1.82) is 0 Å². The minimum Gasteiger partial charge on any atom is -0.455 e. The second-order valence-electron chi connectivity index (χ2n) is 5.30. The van der Waals surface area contributed by atoms with Gasteiger partial charge in [-0.3, -0.25) is 0 Å². The van der Waals surface area contributed by atoms with E-state index in [1.165, 1.54) is 11.1 Å². The Hall–Kier alpha value is -1.57.